The van der Waals surface area contributed by atoms with Gasteiger partial charge in [0.15, 0.2) is 0 Å². The van der Waals surface area contributed by atoms with Gasteiger partial charge < -0.3 is 9.32 Å². The monoisotopic (exact) mass is 928 g/mol. The van der Waals surface area contributed by atoms with E-state index in [1.54, 1.807) is 0 Å². The van der Waals surface area contributed by atoms with Crippen LogP contribution in [0.4, 0.5) is 17.1 Å². The first kappa shape index (κ1) is 41.2. The maximum absolute atomic E-state index is 6.79. The Kier molecular flexibility index (Phi) is 9.18. The third-order valence-corrected chi connectivity index (χ3v) is 15.6. The van der Waals surface area contributed by atoms with Gasteiger partial charge in [-0.3, -0.25) is 4.98 Å². The summed E-state index contributed by atoms with van der Waals surface area (Å²) >= 11 is 0. The molecule has 1 spiro atoms. The minimum absolute atomic E-state index is 0.465. The number of furan rings is 1. The molecule has 3 heteroatoms. The zero-order chi connectivity index (χ0) is 48.0. The average Bonchev–Trinajstić information content (AvgIpc) is 4.10. The molecule has 2 aromatic heterocycles. The van der Waals surface area contributed by atoms with Crippen LogP contribution < -0.4 is 4.90 Å². The van der Waals surface area contributed by atoms with Crippen molar-refractivity contribution in [2.45, 2.75) is 5.41 Å². The van der Waals surface area contributed by atoms with Gasteiger partial charge in [-0.1, -0.05) is 200 Å². The Morgan fingerprint density at radius 1 is 0.315 bits per heavy atom. The second-order valence-electron chi connectivity index (χ2n) is 19.4. The highest BCUT2D eigenvalue weighted by Gasteiger charge is 2.51. The largest absolute Gasteiger partial charge is 0.455 e. The molecule has 2 heterocycles. The molecule has 73 heavy (non-hydrogen) atoms. The van der Waals surface area contributed by atoms with Gasteiger partial charge in [0.2, 0.25) is 0 Å². The Hall–Kier alpha value is -9.57. The fourth-order valence-corrected chi connectivity index (χ4v) is 12.4. The molecule has 11 aromatic carbocycles. The number of fused-ring (bicyclic) bond motifs is 14. The molecule has 0 saturated carbocycles. The molecule has 15 rings (SSSR count). The molecule has 0 radical (unpaired) electrons. The van der Waals surface area contributed by atoms with E-state index in [1.807, 2.05) is 12.3 Å². The average molecular weight is 929 g/mol. The van der Waals surface area contributed by atoms with Crippen molar-refractivity contribution in [2.24, 2.45) is 0 Å². The van der Waals surface area contributed by atoms with Crippen LogP contribution >= 0.6 is 0 Å². The van der Waals surface area contributed by atoms with Crippen LogP contribution in [0.3, 0.4) is 0 Å². The molecule has 0 saturated heterocycles. The number of benzene rings is 11. The Morgan fingerprint density at radius 3 is 1.63 bits per heavy atom. The van der Waals surface area contributed by atoms with E-state index < -0.39 is 5.41 Å². The van der Waals surface area contributed by atoms with Crippen LogP contribution in [0.5, 0.6) is 0 Å². The van der Waals surface area contributed by atoms with Gasteiger partial charge in [0, 0.05) is 45.8 Å². The number of nitrogens with zero attached hydrogens (tertiary/aromatic N) is 2. The van der Waals surface area contributed by atoms with E-state index in [0.29, 0.717) is 0 Å². The molecule has 0 amide bonds. The molecule has 3 nitrogen and oxygen atoms in total. The lowest BCUT2D eigenvalue weighted by atomic mass is 9.70. The van der Waals surface area contributed by atoms with Crippen molar-refractivity contribution in [1.29, 1.82) is 0 Å². The minimum atomic E-state index is -0.465. The molecule has 0 atom stereocenters. The molecule has 0 fully saturated rings. The van der Waals surface area contributed by atoms with Crippen molar-refractivity contribution >= 4 is 49.8 Å². The first-order valence-corrected chi connectivity index (χ1v) is 25.1. The van der Waals surface area contributed by atoms with Crippen molar-refractivity contribution < 1.29 is 4.42 Å². The second kappa shape index (κ2) is 16.2. The summed E-state index contributed by atoms with van der Waals surface area (Å²) in [6.07, 6.45) is 4.03. The third kappa shape index (κ3) is 6.22. The van der Waals surface area contributed by atoms with E-state index in [4.69, 9.17) is 9.40 Å². The van der Waals surface area contributed by atoms with Gasteiger partial charge in [-0.15, -0.1) is 0 Å². The number of hydrogen-bond acceptors (Lipinski definition) is 3. The SMILES string of the molecule is c1ccc(-c2ccc(N(c3ccc(-c4ccc5c(c4)C4(c6ccccc6-c6ccccc64)c4cnccc4-5)cc3)c3ccc(-c4cccc5ccccc45)c(-c4cccc5c4oc4ccccc45)c3)cc2)cc1. The Morgan fingerprint density at radius 2 is 0.849 bits per heavy atom. The molecule has 13 aromatic rings. The lowest BCUT2D eigenvalue weighted by Crippen LogP contribution is -2.26. The zero-order valence-corrected chi connectivity index (χ0v) is 39.7. The van der Waals surface area contributed by atoms with Gasteiger partial charge in [0.1, 0.15) is 11.2 Å². The molecule has 0 unspecified atom stereocenters. The molecule has 0 N–H and O–H groups in total. The third-order valence-electron chi connectivity index (χ3n) is 15.6. The summed E-state index contributed by atoms with van der Waals surface area (Å²) < 4.78 is 6.79. The van der Waals surface area contributed by atoms with Crippen LogP contribution in [-0.4, -0.2) is 4.98 Å². The van der Waals surface area contributed by atoms with Gasteiger partial charge in [-0.2, -0.15) is 0 Å². The topological polar surface area (TPSA) is 29.3 Å². The normalized spacial score (nSPS) is 12.8. The molecular formula is C70H44N2O. The zero-order valence-electron chi connectivity index (χ0n) is 39.7. The van der Waals surface area contributed by atoms with E-state index in [-0.39, 0.29) is 0 Å². The van der Waals surface area contributed by atoms with Crippen molar-refractivity contribution in [3.63, 3.8) is 0 Å². The van der Waals surface area contributed by atoms with Crippen molar-refractivity contribution in [3.05, 3.63) is 289 Å². The smallest absolute Gasteiger partial charge is 0.143 e. The Bertz CT molecular complexity index is 4250. The summed E-state index contributed by atoms with van der Waals surface area (Å²) in [6, 6.07) is 93.0. The predicted octanol–water partition coefficient (Wildman–Crippen LogP) is 18.6. The molecule has 0 aliphatic heterocycles. The number of pyridine rings is 1. The van der Waals surface area contributed by atoms with Gasteiger partial charge in [0.05, 0.1) is 5.41 Å². The summed E-state index contributed by atoms with van der Waals surface area (Å²) in [7, 11) is 0. The lowest BCUT2D eigenvalue weighted by molar-refractivity contribution is 0.670. The summed E-state index contributed by atoms with van der Waals surface area (Å²) in [5.74, 6) is 0. The maximum atomic E-state index is 6.79. The molecule has 340 valence electrons. The number of rotatable bonds is 7. The van der Waals surface area contributed by atoms with E-state index >= 15 is 0 Å². The van der Waals surface area contributed by atoms with Crippen molar-refractivity contribution in [2.75, 3.05) is 4.90 Å². The van der Waals surface area contributed by atoms with Gasteiger partial charge >= 0.3 is 0 Å². The van der Waals surface area contributed by atoms with Crippen LogP contribution in [0, 0.1) is 0 Å². The Balaban J connectivity index is 0.903. The van der Waals surface area contributed by atoms with Gasteiger partial charge in [-0.05, 0) is 149 Å². The number of anilines is 3. The van der Waals surface area contributed by atoms with Crippen LogP contribution in [0.25, 0.3) is 99.5 Å². The minimum Gasteiger partial charge on any atom is -0.455 e. The van der Waals surface area contributed by atoms with E-state index in [0.717, 1.165) is 61.3 Å². The first-order valence-electron chi connectivity index (χ1n) is 25.1. The number of aromatic nitrogens is 1. The molecular weight excluding hydrogens is 885 g/mol. The summed E-state index contributed by atoms with van der Waals surface area (Å²) in [6.45, 7) is 0. The lowest BCUT2D eigenvalue weighted by Gasteiger charge is -2.30. The summed E-state index contributed by atoms with van der Waals surface area (Å²) in [5.41, 5.74) is 23.8. The highest BCUT2D eigenvalue weighted by atomic mass is 16.3. The maximum Gasteiger partial charge on any atom is 0.143 e. The summed E-state index contributed by atoms with van der Waals surface area (Å²) in [5, 5.41) is 4.63. The van der Waals surface area contributed by atoms with Crippen molar-refractivity contribution in [3.8, 4) is 66.8 Å². The van der Waals surface area contributed by atoms with Gasteiger partial charge in [-0.25, -0.2) is 0 Å². The fourth-order valence-electron chi connectivity index (χ4n) is 12.4. The Labute approximate surface area is 423 Å². The van der Waals surface area contributed by atoms with E-state index in [9.17, 15) is 0 Å². The van der Waals surface area contributed by atoms with Crippen LogP contribution in [0.15, 0.2) is 272 Å². The molecule has 2 aliphatic carbocycles. The fraction of sp³-hybridized carbons (Fsp3) is 0.0143. The van der Waals surface area contributed by atoms with Gasteiger partial charge in [0.25, 0.3) is 0 Å². The predicted molar refractivity (Wildman–Crippen MR) is 302 cm³/mol. The number of para-hydroxylation sites is 2. The standard InChI is InChI=1S/C70H44N2O/c1-2-14-45(15-3-1)46-28-33-50(34-29-46)72(52-37-39-55(54-22-12-17-48-16-4-5-18-53(48)54)63(43-52)62-24-13-23-61-60-21-8-11-27-68(60)73-69(61)62)51-35-30-47(31-36-51)49-32-38-58-59-40-41-71-44-67(59)70(66(58)42-49)64-25-9-6-19-56(64)57-20-7-10-26-65(57)70/h1-44H. The second-order valence-corrected chi connectivity index (χ2v) is 19.4. The molecule has 2 aliphatic rings. The van der Waals surface area contributed by atoms with Crippen LogP contribution in [0.2, 0.25) is 0 Å². The highest BCUT2D eigenvalue weighted by Crippen LogP contribution is 2.63. The van der Waals surface area contributed by atoms with E-state index in [2.05, 4.69) is 260 Å². The molecule has 0 bridgehead atoms. The highest BCUT2D eigenvalue weighted by molar-refractivity contribution is 6.12. The summed E-state index contributed by atoms with van der Waals surface area (Å²) in [4.78, 5) is 7.14. The van der Waals surface area contributed by atoms with Crippen LogP contribution in [-0.2, 0) is 5.41 Å². The van der Waals surface area contributed by atoms with E-state index in [1.165, 1.54) is 77.5 Å². The first-order chi connectivity index (χ1) is 36.2. The van der Waals surface area contributed by atoms with Crippen molar-refractivity contribution in [1.82, 2.24) is 4.98 Å². The quantitative estimate of drug-likeness (QED) is 0.159. The number of hydrogen-bond donors (Lipinski definition) is 0. The van der Waals surface area contributed by atoms with Crippen LogP contribution in [0.1, 0.15) is 22.3 Å².